The minimum Gasteiger partial charge on any atom is -0.259 e. The molecule has 2 rings (SSSR count). The van der Waals surface area contributed by atoms with Crippen molar-refractivity contribution < 1.29 is 0 Å². The summed E-state index contributed by atoms with van der Waals surface area (Å²) >= 11 is 0. The first-order chi connectivity index (χ1) is 7.42. The second-order valence-corrected chi connectivity index (χ2v) is 3.17. The molecule has 0 aliphatic carbocycles. The van der Waals surface area contributed by atoms with Crippen LogP contribution in [0.5, 0.6) is 0 Å². The molecule has 0 saturated heterocycles. The molecule has 0 aliphatic heterocycles. The van der Waals surface area contributed by atoms with Gasteiger partial charge in [0.05, 0.1) is 5.69 Å². The lowest BCUT2D eigenvalue weighted by atomic mass is 10.0. The fraction of sp³-hybridized carbons (Fsp3) is 0.0833. The number of hydrogen-bond donors (Lipinski definition) is 0. The van der Waals surface area contributed by atoms with Gasteiger partial charge in [0.25, 0.3) is 0 Å². The molecule has 1 aromatic carbocycles. The van der Waals surface area contributed by atoms with Crippen LogP contribution in [0, 0.1) is 4.91 Å². The average Bonchev–Trinajstić information content (AvgIpc) is 2.33. The SMILES string of the molecule is O=NC(c1ccccc1)c1ccccn1. The summed E-state index contributed by atoms with van der Waals surface area (Å²) in [5, 5.41) is 3.12. The van der Waals surface area contributed by atoms with Crippen molar-refractivity contribution in [1.29, 1.82) is 0 Å². The molecule has 3 heteroatoms. The summed E-state index contributed by atoms with van der Waals surface area (Å²) in [5.74, 6) is 0. The van der Waals surface area contributed by atoms with Crippen LogP contribution >= 0.6 is 0 Å². The maximum atomic E-state index is 10.8. The summed E-state index contributed by atoms with van der Waals surface area (Å²) in [6, 6.07) is 14.4. The molecule has 0 saturated carbocycles. The number of hydrogen-bond acceptors (Lipinski definition) is 3. The summed E-state index contributed by atoms with van der Waals surface area (Å²) in [6.45, 7) is 0. The van der Waals surface area contributed by atoms with Gasteiger partial charge in [-0.15, -0.1) is 4.91 Å². The Morgan fingerprint density at radius 3 is 2.33 bits per heavy atom. The highest BCUT2D eigenvalue weighted by Crippen LogP contribution is 2.23. The second kappa shape index (κ2) is 4.46. The predicted molar refractivity (Wildman–Crippen MR) is 58.3 cm³/mol. The van der Waals surface area contributed by atoms with Crippen molar-refractivity contribution in [3.8, 4) is 0 Å². The van der Waals surface area contributed by atoms with Gasteiger partial charge in [-0.05, 0) is 17.7 Å². The Morgan fingerprint density at radius 2 is 1.73 bits per heavy atom. The summed E-state index contributed by atoms with van der Waals surface area (Å²) in [6.07, 6.45) is 1.66. The molecule has 1 atom stereocenters. The first-order valence-corrected chi connectivity index (χ1v) is 4.70. The molecule has 1 heterocycles. The zero-order chi connectivity index (χ0) is 10.5. The molecule has 74 valence electrons. The van der Waals surface area contributed by atoms with Gasteiger partial charge < -0.3 is 0 Å². The lowest BCUT2D eigenvalue weighted by Gasteiger charge is -2.07. The lowest BCUT2D eigenvalue weighted by Crippen LogP contribution is -1.99. The number of benzene rings is 1. The van der Waals surface area contributed by atoms with Gasteiger partial charge in [0.15, 0.2) is 6.04 Å². The van der Waals surface area contributed by atoms with Crippen molar-refractivity contribution in [3.05, 3.63) is 70.9 Å². The Labute approximate surface area is 87.8 Å². The summed E-state index contributed by atoms with van der Waals surface area (Å²) in [5.41, 5.74) is 1.55. The largest absolute Gasteiger partial charge is 0.259 e. The van der Waals surface area contributed by atoms with Crippen LogP contribution < -0.4 is 0 Å². The molecule has 0 N–H and O–H groups in total. The summed E-state index contributed by atoms with van der Waals surface area (Å²) in [7, 11) is 0. The zero-order valence-electron chi connectivity index (χ0n) is 8.08. The fourth-order valence-corrected chi connectivity index (χ4v) is 1.46. The van der Waals surface area contributed by atoms with E-state index in [1.165, 1.54) is 0 Å². The lowest BCUT2D eigenvalue weighted by molar-refractivity contribution is 0.823. The van der Waals surface area contributed by atoms with E-state index in [1.54, 1.807) is 12.3 Å². The van der Waals surface area contributed by atoms with Gasteiger partial charge in [0, 0.05) is 6.20 Å². The molecule has 0 bridgehead atoms. The van der Waals surface area contributed by atoms with E-state index in [-0.39, 0.29) is 0 Å². The standard InChI is InChI=1S/C12H10N2O/c15-14-12(10-6-2-1-3-7-10)11-8-4-5-9-13-11/h1-9,12H. The third kappa shape index (κ3) is 2.07. The molecule has 0 amide bonds. The van der Waals surface area contributed by atoms with Crippen molar-refractivity contribution in [2.45, 2.75) is 6.04 Å². The Balaban J connectivity index is 2.38. The first-order valence-electron chi connectivity index (χ1n) is 4.70. The fourth-order valence-electron chi connectivity index (χ4n) is 1.46. The van der Waals surface area contributed by atoms with Gasteiger partial charge in [-0.3, -0.25) is 4.98 Å². The topological polar surface area (TPSA) is 42.3 Å². The predicted octanol–water partition coefficient (Wildman–Crippen LogP) is 2.94. The van der Waals surface area contributed by atoms with Crippen molar-refractivity contribution in [1.82, 2.24) is 4.98 Å². The molecule has 2 aromatic rings. The molecular formula is C12H10N2O. The Bertz CT molecular complexity index is 388. The van der Waals surface area contributed by atoms with Crippen molar-refractivity contribution in [3.63, 3.8) is 0 Å². The Morgan fingerprint density at radius 1 is 1.00 bits per heavy atom. The number of aromatic nitrogens is 1. The maximum Gasteiger partial charge on any atom is 0.159 e. The highest BCUT2D eigenvalue weighted by atomic mass is 16.3. The third-order valence-corrected chi connectivity index (χ3v) is 2.19. The van der Waals surface area contributed by atoms with Gasteiger partial charge >= 0.3 is 0 Å². The highest BCUT2D eigenvalue weighted by Gasteiger charge is 2.14. The first kappa shape index (κ1) is 9.52. The average molecular weight is 198 g/mol. The number of nitroso groups, excluding NO2 is 1. The number of rotatable bonds is 3. The quantitative estimate of drug-likeness (QED) is 0.711. The van der Waals surface area contributed by atoms with E-state index in [1.807, 2.05) is 42.5 Å². The van der Waals surface area contributed by atoms with Crippen molar-refractivity contribution in [2.24, 2.45) is 5.18 Å². The molecule has 1 unspecified atom stereocenters. The van der Waals surface area contributed by atoms with Gasteiger partial charge in [0.2, 0.25) is 0 Å². The van der Waals surface area contributed by atoms with Crippen molar-refractivity contribution >= 4 is 0 Å². The van der Waals surface area contributed by atoms with Crippen LogP contribution in [0.3, 0.4) is 0 Å². The van der Waals surface area contributed by atoms with Gasteiger partial charge in [-0.2, -0.15) is 0 Å². The zero-order valence-corrected chi connectivity index (χ0v) is 8.08. The van der Waals surface area contributed by atoms with Crippen LogP contribution in [0.4, 0.5) is 0 Å². The molecule has 0 radical (unpaired) electrons. The van der Waals surface area contributed by atoms with Crippen LogP contribution in [0.1, 0.15) is 17.3 Å². The van der Waals surface area contributed by atoms with Crippen LogP contribution in [0.2, 0.25) is 0 Å². The second-order valence-electron chi connectivity index (χ2n) is 3.17. The van der Waals surface area contributed by atoms with Crippen LogP contribution in [0.15, 0.2) is 59.9 Å². The Kier molecular flexibility index (Phi) is 2.83. The minimum atomic E-state index is -0.507. The number of nitrogens with zero attached hydrogens (tertiary/aromatic N) is 2. The van der Waals surface area contributed by atoms with Gasteiger partial charge in [-0.25, -0.2) is 0 Å². The normalized spacial score (nSPS) is 12.0. The molecule has 15 heavy (non-hydrogen) atoms. The maximum absolute atomic E-state index is 10.8. The van der Waals surface area contributed by atoms with E-state index in [0.29, 0.717) is 5.69 Å². The molecule has 0 fully saturated rings. The Hall–Kier alpha value is -2.03. The van der Waals surface area contributed by atoms with Gasteiger partial charge in [0.1, 0.15) is 0 Å². The highest BCUT2D eigenvalue weighted by molar-refractivity contribution is 5.27. The van der Waals surface area contributed by atoms with E-state index in [0.717, 1.165) is 5.56 Å². The van der Waals surface area contributed by atoms with E-state index in [9.17, 15) is 4.91 Å². The van der Waals surface area contributed by atoms with E-state index >= 15 is 0 Å². The van der Waals surface area contributed by atoms with Crippen molar-refractivity contribution in [2.75, 3.05) is 0 Å². The molecule has 1 aromatic heterocycles. The van der Waals surface area contributed by atoms with Crippen LogP contribution in [0.25, 0.3) is 0 Å². The van der Waals surface area contributed by atoms with Gasteiger partial charge in [-0.1, -0.05) is 41.6 Å². The number of pyridine rings is 1. The third-order valence-electron chi connectivity index (χ3n) is 2.19. The summed E-state index contributed by atoms with van der Waals surface area (Å²) < 4.78 is 0. The van der Waals surface area contributed by atoms with E-state index in [4.69, 9.17) is 0 Å². The molecule has 3 nitrogen and oxygen atoms in total. The van der Waals surface area contributed by atoms with E-state index in [2.05, 4.69) is 10.2 Å². The molecular weight excluding hydrogens is 188 g/mol. The smallest absolute Gasteiger partial charge is 0.159 e. The minimum absolute atomic E-state index is 0.507. The van der Waals surface area contributed by atoms with Crippen LogP contribution in [-0.2, 0) is 0 Å². The van der Waals surface area contributed by atoms with Crippen LogP contribution in [-0.4, -0.2) is 4.98 Å². The monoisotopic (exact) mass is 198 g/mol. The molecule has 0 spiro atoms. The van der Waals surface area contributed by atoms with E-state index < -0.39 is 6.04 Å². The molecule has 0 aliphatic rings. The summed E-state index contributed by atoms with van der Waals surface area (Å²) in [4.78, 5) is 14.9.